The summed E-state index contributed by atoms with van der Waals surface area (Å²) in [6.07, 6.45) is 2.71. The van der Waals surface area contributed by atoms with E-state index >= 15 is 0 Å². The SMILES string of the molecule is Cc1ccc2c(=O)cc(C(=O)N3CCN(CCc4ccccn4)CC3)oc2c1.Cl. The minimum absolute atomic E-state index is 0. The van der Waals surface area contributed by atoms with Gasteiger partial charge in [0, 0.05) is 57.1 Å². The summed E-state index contributed by atoms with van der Waals surface area (Å²) in [6.45, 7) is 5.69. The lowest BCUT2D eigenvalue weighted by Crippen LogP contribution is -2.49. The zero-order valence-corrected chi connectivity index (χ0v) is 17.2. The van der Waals surface area contributed by atoms with Crippen molar-refractivity contribution in [1.82, 2.24) is 14.8 Å². The van der Waals surface area contributed by atoms with Gasteiger partial charge in [-0.3, -0.25) is 19.5 Å². The van der Waals surface area contributed by atoms with Gasteiger partial charge in [0.05, 0.1) is 5.39 Å². The van der Waals surface area contributed by atoms with Gasteiger partial charge in [-0.1, -0.05) is 12.1 Å². The second-order valence-corrected chi connectivity index (χ2v) is 7.18. The highest BCUT2D eigenvalue weighted by Crippen LogP contribution is 2.16. The first-order valence-corrected chi connectivity index (χ1v) is 9.56. The van der Waals surface area contributed by atoms with E-state index in [4.69, 9.17) is 4.42 Å². The van der Waals surface area contributed by atoms with E-state index in [1.54, 1.807) is 17.0 Å². The molecule has 2 aromatic heterocycles. The molecule has 1 aromatic carbocycles. The predicted octanol–water partition coefficient (Wildman–Crippen LogP) is 2.92. The van der Waals surface area contributed by atoms with Gasteiger partial charge in [-0.2, -0.15) is 0 Å². The lowest BCUT2D eigenvalue weighted by atomic mass is 10.1. The highest BCUT2D eigenvalue weighted by molar-refractivity contribution is 5.93. The number of halogens is 1. The molecule has 1 fully saturated rings. The van der Waals surface area contributed by atoms with Crippen LogP contribution in [0.3, 0.4) is 0 Å². The Balaban J connectivity index is 0.00000240. The van der Waals surface area contributed by atoms with Crippen LogP contribution in [-0.2, 0) is 6.42 Å². The summed E-state index contributed by atoms with van der Waals surface area (Å²) in [5.41, 5.74) is 2.35. The van der Waals surface area contributed by atoms with E-state index in [0.29, 0.717) is 24.1 Å². The van der Waals surface area contributed by atoms with Crippen LogP contribution in [-0.4, -0.2) is 53.4 Å². The van der Waals surface area contributed by atoms with E-state index in [-0.39, 0.29) is 29.5 Å². The molecule has 1 aliphatic rings. The number of aryl methyl sites for hydroxylation is 1. The molecule has 0 N–H and O–H groups in total. The Morgan fingerprint density at radius 3 is 2.62 bits per heavy atom. The number of rotatable bonds is 4. The lowest BCUT2D eigenvalue weighted by molar-refractivity contribution is 0.0608. The number of carbonyl (C=O) groups excluding carboxylic acids is 1. The number of aromatic nitrogens is 1. The van der Waals surface area contributed by atoms with Gasteiger partial charge in [-0.05, 0) is 36.8 Å². The van der Waals surface area contributed by atoms with Crippen LogP contribution in [0.2, 0.25) is 0 Å². The molecule has 29 heavy (non-hydrogen) atoms. The largest absolute Gasteiger partial charge is 0.451 e. The Kier molecular flexibility index (Phi) is 6.67. The van der Waals surface area contributed by atoms with E-state index in [0.717, 1.165) is 37.3 Å². The molecule has 0 unspecified atom stereocenters. The first-order chi connectivity index (χ1) is 13.6. The number of hydrogen-bond donors (Lipinski definition) is 0. The van der Waals surface area contributed by atoms with Gasteiger partial charge in [-0.25, -0.2) is 0 Å². The van der Waals surface area contributed by atoms with Crippen LogP contribution in [0, 0.1) is 6.92 Å². The fraction of sp³-hybridized carbons (Fsp3) is 0.318. The standard InChI is InChI=1S/C22H23N3O3.ClH/c1-16-5-6-18-19(26)15-21(28-20(18)14-16)22(27)25-12-10-24(11-13-25)9-7-17-4-2-3-8-23-17;/h2-6,8,14-15H,7,9-13H2,1H3;1H. The normalized spacial score (nSPS) is 14.6. The third kappa shape index (κ3) is 4.83. The van der Waals surface area contributed by atoms with Crippen molar-refractivity contribution < 1.29 is 9.21 Å². The Hall–Kier alpha value is -2.70. The van der Waals surface area contributed by atoms with Crippen molar-refractivity contribution in [2.24, 2.45) is 0 Å². The smallest absolute Gasteiger partial charge is 0.289 e. The van der Waals surface area contributed by atoms with Crippen LogP contribution in [0.4, 0.5) is 0 Å². The van der Waals surface area contributed by atoms with E-state index in [1.165, 1.54) is 6.07 Å². The molecule has 6 nitrogen and oxygen atoms in total. The van der Waals surface area contributed by atoms with Gasteiger partial charge in [-0.15, -0.1) is 12.4 Å². The molecule has 1 aliphatic heterocycles. The number of nitrogens with zero attached hydrogens (tertiary/aromatic N) is 3. The van der Waals surface area contributed by atoms with Crippen LogP contribution >= 0.6 is 12.4 Å². The van der Waals surface area contributed by atoms with Gasteiger partial charge in [0.15, 0.2) is 11.2 Å². The fourth-order valence-corrected chi connectivity index (χ4v) is 3.52. The zero-order valence-electron chi connectivity index (χ0n) is 16.3. The van der Waals surface area contributed by atoms with Crippen LogP contribution in [0.1, 0.15) is 21.8 Å². The molecule has 0 spiro atoms. The maximum absolute atomic E-state index is 12.8. The average Bonchev–Trinajstić information content (AvgIpc) is 2.72. The molecule has 0 aliphatic carbocycles. The van der Waals surface area contributed by atoms with E-state index in [9.17, 15) is 9.59 Å². The predicted molar refractivity (Wildman–Crippen MR) is 115 cm³/mol. The Labute approximate surface area is 175 Å². The summed E-state index contributed by atoms with van der Waals surface area (Å²) >= 11 is 0. The Bertz CT molecular complexity index is 1040. The van der Waals surface area contributed by atoms with Crippen molar-refractivity contribution in [3.8, 4) is 0 Å². The van der Waals surface area contributed by atoms with E-state index in [2.05, 4.69) is 9.88 Å². The van der Waals surface area contributed by atoms with Gasteiger partial charge < -0.3 is 9.32 Å². The van der Waals surface area contributed by atoms with Crippen LogP contribution in [0.25, 0.3) is 11.0 Å². The third-order valence-electron chi connectivity index (χ3n) is 5.17. The molecule has 1 amide bonds. The van der Waals surface area contributed by atoms with Crippen molar-refractivity contribution in [2.45, 2.75) is 13.3 Å². The molecular formula is C22H24ClN3O3. The minimum Gasteiger partial charge on any atom is -0.451 e. The van der Waals surface area contributed by atoms with Gasteiger partial charge >= 0.3 is 0 Å². The number of hydrogen-bond acceptors (Lipinski definition) is 5. The van der Waals surface area contributed by atoms with Crippen LogP contribution in [0.5, 0.6) is 0 Å². The van der Waals surface area contributed by atoms with Crippen LogP contribution < -0.4 is 5.43 Å². The monoisotopic (exact) mass is 413 g/mol. The maximum Gasteiger partial charge on any atom is 0.289 e. The fourth-order valence-electron chi connectivity index (χ4n) is 3.52. The second kappa shape index (κ2) is 9.20. The Morgan fingerprint density at radius 1 is 1.10 bits per heavy atom. The number of pyridine rings is 1. The zero-order chi connectivity index (χ0) is 19.5. The quantitative estimate of drug-likeness (QED) is 0.658. The molecule has 0 saturated carbocycles. The molecule has 3 aromatic rings. The third-order valence-corrected chi connectivity index (χ3v) is 5.17. The van der Waals surface area contributed by atoms with Crippen LogP contribution in [0.15, 0.2) is 57.9 Å². The van der Waals surface area contributed by atoms with Crippen molar-refractivity contribution in [1.29, 1.82) is 0 Å². The van der Waals surface area contributed by atoms with E-state index < -0.39 is 0 Å². The van der Waals surface area contributed by atoms with Crippen molar-refractivity contribution >= 4 is 29.3 Å². The molecule has 4 rings (SSSR count). The molecule has 0 atom stereocenters. The topological polar surface area (TPSA) is 66.7 Å². The number of benzene rings is 1. The minimum atomic E-state index is -0.218. The summed E-state index contributed by atoms with van der Waals surface area (Å²) in [6, 6.07) is 12.7. The average molecular weight is 414 g/mol. The molecular weight excluding hydrogens is 390 g/mol. The molecule has 7 heteroatoms. The molecule has 1 saturated heterocycles. The first kappa shape index (κ1) is 21.0. The van der Waals surface area contributed by atoms with Crippen molar-refractivity contribution in [3.63, 3.8) is 0 Å². The highest BCUT2D eigenvalue weighted by atomic mass is 35.5. The second-order valence-electron chi connectivity index (χ2n) is 7.18. The molecule has 3 heterocycles. The van der Waals surface area contributed by atoms with E-state index in [1.807, 2.05) is 37.4 Å². The molecule has 152 valence electrons. The summed E-state index contributed by atoms with van der Waals surface area (Å²) in [7, 11) is 0. The highest BCUT2D eigenvalue weighted by Gasteiger charge is 2.24. The number of carbonyl (C=O) groups is 1. The first-order valence-electron chi connectivity index (χ1n) is 9.56. The van der Waals surface area contributed by atoms with Crippen molar-refractivity contribution in [2.75, 3.05) is 32.7 Å². The summed E-state index contributed by atoms with van der Waals surface area (Å²) in [4.78, 5) is 33.6. The maximum atomic E-state index is 12.8. The Morgan fingerprint density at radius 2 is 1.90 bits per heavy atom. The lowest BCUT2D eigenvalue weighted by Gasteiger charge is -2.34. The summed E-state index contributed by atoms with van der Waals surface area (Å²) < 4.78 is 5.76. The number of piperazine rings is 1. The molecule has 0 radical (unpaired) electrons. The number of fused-ring (bicyclic) bond motifs is 1. The van der Waals surface area contributed by atoms with Crippen molar-refractivity contribution in [3.05, 3.63) is 75.9 Å². The molecule has 0 bridgehead atoms. The van der Waals surface area contributed by atoms with Gasteiger partial charge in [0.1, 0.15) is 5.58 Å². The summed E-state index contributed by atoms with van der Waals surface area (Å²) in [5.74, 6) is -0.102. The summed E-state index contributed by atoms with van der Waals surface area (Å²) in [5, 5.41) is 0.501. The van der Waals surface area contributed by atoms with Gasteiger partial charge in [0.2, 0.25) is 0 Å². The number of amides is 1. The van der Waals surface area contributed by atoms with Gasteiger partial charge in [0.25, 0.3) is 5.91 Å².